The summed E-state index contributed by atoms with van der Waals surface area (Å²) < 4.78 is 6.13. The summed E-state index contributed by atoms with van der Waals surface area (Å²) in [6.45, 7) is 8.07. The first-order chi connectivity index (χ1) is 15.6. The highest BCUT2D eigenvalue weighted by molar-refractivity contribution is 9.10. The van der Waals surface area contributed by atoms with Crippen molar-refractivity contribution in [1.29, 1.82) is 0 Å². The number of ether oxygens (including phenoxy) is 1. The van der Waals surface area contributed by atoms with Gasteiger partial charge in [-0.15, -0.1) is 0 Å². The molecule has 7 nitrogen and oxygen atoms in total. The number of aromatic nitrogens is 2. The Morgan fingerprint density at radius 1 is 1.19 bits per heavy atom. The molecule has 2 aromatic heterocycles. The minimum Gasteiger partial charge on any atom is -0.450 e. The molecule has 0 bridgehead atoms. The van der Waals surface area contributed by atoms with Crippen LogP contribution in [0, 0.1) is 5.41 Å². The van der Waals surface area contributed by atoms with Gasteiger partial charge in [-0.05, 0) is 66.4 Å². The zero-order valence-electron chi connectivity index (χ0n) is 18.5. The first-order valence-corrected chi connectivity index (χ1v) is 12.3. The highest BCUT2D eigenvalue weighted by Crippen LogP contribution is 2.47. The maximum atomic E-state index is 11.9. The topological polar surface area (TPSA) is 61.8 Å². The predicted octanol–water partition coefficient (Wildman–Crippen LogP) is 4.04. The lowest BCUT2D eigenvalue weighted by molar-refractivity contribution is -0.00294. The summed E-state index contributed by atoms with van der Waals surface area (Å²) in [4.78, 5) is 28.1. The molecule has 1 atom stereocenters. The molecule has 2 saturated heterocycles. The number of hydrogen-bond donors (Lipinski definition) is 0. The minimum absolute atomic E-state index is 0.151. The van der Waals surface area contributed by atoms with Crippen LogP contribution in [-0.4, -0.2) is 77.8 Å². The number of pyridine rings is 2. The molecule has 1 aliphatic carbocycles. The van der Waals surface area contributed by atoms with Crippen LogP contribution < -0.4 is 4.90 Å². The van der Waals surface area contributed by atoms with Crippen LogP contribution in [0.5, 0.6) is 0 Å². The van der Waals surface area contributed by atoms with Gasteiger partial charge >= 0.3 is 6.09 Å². The quantitative estimate of drug-likeness (QED) is 0.632. The van der Waals surface area contributed by atoms with Gasteiger partial charge in [0.2, 0.25) is 0 Å². The number of likely N-dealkylation sites (tertiary alicyclic amines) is 1. The lowest BCUT2D eigenvalue weighted by atomic mass is 9.78. The van der Waals surface area contributed by atoms with Gasteiger partial charge in [0.15, 0.2) is 0 Å². The third kappa shape index (κ3) is 4.22. The van der Waals surface area contributed by atoms with Crippen LogP contribution in [0.4, 0.5) is 10.6 Å². The highest BCUT2D eigenvalue weighted by atomic mass is 79.9. The fourth-order valence-corrected chi connectivity index (χ4v) is 5.80. The van der Waals surface area contributed by atoms with Gasteiger partial charge in [-0.25, -0.2) is 9.78 Å². The summed E-state index contributed by atoms with van der Waals surface area (Å²) in [5.74, 6) is 1.02. The number of carbonyl (C=O) groups excluding carboxylic acids is 1. The fraction of sp³-hybridized carbons (Fsp3) is 0.542. The molecule has 1 amide bonds. The maximum Gasteiger partial charge on any atom is 0.409 e. The Bertz CT molecular complexity index is 955. The van der Waals surface area contributed by atoms with Crippen molar-refractivity contribution >= 4 is 27.8 Å². The molecule has 5 rings (SSSR count). The highest BCUT2D eigenvalue weighted by Gasteiger charge is 2.51. The summed E-state index contributed by atoms with van der Waals surface area (Å²) in [6.07, 6.45) is 7.20. The van der Waals surface area contributed by atoms with Crippen LogP contribution in [0.25, 0.3) is 11.3 Å². The number of carbonyl (C=O) groups is 1. The monoisotopic (exact) mass is 499 g/mol. The zero-order valence-corrected chi connectivity index (χ0v) is 20.1. The molecule has 0 unspecified atom stereocenters. The second-order valence-corrected chi connectivity index (χ2v) is 10.1. The van der Waals surface area contributed by atoms with E-state index < -0.39 is 0 Å². The van der Waals surface area contributed by atoms with Gasteiger partial charge in [0.1, 0.15) is 5.82 Å². The Morgan fingerprint density at radius 3 is 2.72 bits per heavy atom. The van der Waals surface area contributed by atoms with E-state index >= 15 is 0 Å². The lowest BCUT2D eigenvalue weighted by Gasteiger charge is -2.48. The molecule has 1 saturated carbocycles. The van der Waals surface area contributed by atoms with Gasteiger partial charge in [-0.3, -0.25) is 9.88 Å². The molecule has 2 aliphatic heterocycles. The van der Waals surface area contributed by atoms with Crippen LogP contribution in [0.2, 0.25) is 0 Å². The fourth-order valence-electron chi connectivity index (χ4n) is 5.57. The maximum absolute atomic E-state index is 11.9. The van der Waals surface area contributed by atoms with Crippen LogP contribution in [0.1, 0.15) is 26.2 Å². The number of halogens is 1. The SMILES string of the molecule is CCOC(=O)N1CC2(CC[C@@H](N3CCN(c4ncccc4-c4ccc(Br)cn4)CC3)C2)C1. The van der Waals surface area contributed by atoms with E-state index in [4.69, 9.17) is 9.72 Å². The second kappa shape index (κ2) is 8.98. The summed E-state index contributed by atoms with van der Waals surface area (Å²) in [5, 5.41) is 0. The van der Waals surface area contributed by atoms with Crippen molar-refractivity contribution in [3.63, 3.8) is 0 Å². The molecular weight excluding hydrogens is 470 g/mol. The molecule has 0 N–H and O–H groups in total. The Morgan fingerprint density at radius 2 is 2.00 bits per heavy atom. The summed E-state index contributed by atoms with van der Waals surface area (Å²) in [5.41, 5.74) is 2.35. The van der Waals surface area contributed by atoms with Gasteiger partial charge in [0.05, 0.1) is 12.3 Å². The largest absolute Gasteiger partial charge is 0.450 e. The van der Waals surface area contributed by atoms with Crippen LogP contribution in [0.15, 0.2) is 41.1 Å². The molecule has 1 spiro atoms. The molecule has 170 valence electrons. The number of anilines is 1. The molecule has 0 aromatic carbocycles. The van der Waals surface area contributed by atoms with Gasteiger partial charge in [0, 0.05) is 73.2 Å². The van der Waals surface area contributed by atoms with Crippen molar-refractivity contribution in [2.24, 2.45) is 5.41 Å². The molecule has 8 heteroatoms. The van der Waals surface area contributed by atoms with Crippen LogP contribution >= 0.6 is 15.9 Å². The van der Waals surface area contributed by atoms with Gasteiger partial charge < -0.3 is 14.5 Å². The Kier molecular flexibility index (Phi) is 6.07. The predicted molar refractivity (Wildman–Crippen MR) is 128 cm³/mol. The first kappa shape index (κ1) is 21.6. The zero-order chi connectivity index (χ0) is 22.1. The van der Waals surface area contributed by atoms with Crippen molar-refractivity contribution in [2.75, 3.05) is 50.8 Å². The van der Waals surface area contributed by atoms with Crippen LogP contribution in [0.3, 0.4) is 0 Å². The number of hydrogen-bond acceptors (Lipinski definition) is 6. The average Bonchev–Trinajstić information content (AvgIpc) is 3.25. The number of piperazine rings is 1. The van der Waals surface area contributed by atoms with Crippen molar-refractivity contribution in [1.82, 2.24) is 19.8 Å². The van der Waals surface area contributed by atoms with E-state index in [1.165, 1.54) is 19.3 Å². The van der Waals surface area contributed by atoms with E-state index in [0.717, 1.165) is 60.8 Å². The molecule has 3 aliphatic rings. The molecular formula is C24H30BrN5O2. The average molecular weight is 500 g/mol. The smallest absolute Gasteiger partial charge is 0.409 e. The van der Waals surface area contributed by atoms with Crippen molar-refractivity contribution in [3.05, 3.63) is 41.1 Å². The minimum atomic E-state index is -0.151. The second-order valence-electron chi connectivity index (χ2n) is 9.21. The number of rotatable bonds is 4. The number of amides is 1. The molecule has 32 heavy (non-hydrogen) atoms. The third-order valence-electron chi connectivity index (χ3n) is 7.18. The van der Waals surface area contributed by atoms with Crippen molar-refractivity contribution < 1.29 is 9.53 Å². The van der Waals surface area contributed by atoms with Gasteiger partial charge in [-0.1, -0.05) is 0 Å². The van der Waals surface area contributed by atoms with Gasteiger partial charge in [0.25, 0.3) is 0 Å². The molecule has 4 heterocycles. The van der Waals surface area contributed by atoms with E-state index in [9.17, 15) is 4.79 Å². The Balaban J connectivity index is 1.18. The summed E-state index contributed by atoms with van der Waals surface area (Å²) in [6, 6.07) is 8.78. The summed E-state index contributed by atoms with van der Waals surface area (Å²) >= 11 is 3.47. The van der Waals surface area contributed by atoms with Crippen LogP contribution in [-0.2, 0) is 4.74 Å². The molecule has 2 aromatic rings. The summed E-state index contributed by atoms with van der Waals surface area (Å²) in [7, 11) is 0. The lowest BCUT2D eigenvalue weighted by Crippen LogP contribution is -2.58. The molecule has 0 radical (unpaired) electrons. The Labute approximate surface area is 197 Å². The normalized spacial score (nSPS) is 22.8. The number of nitrogens with zero attached hydrogens (tertiary/aromatic N) is 5. The van der Waals surface area contributed by atoms with E-state index in [1.54, 1.807) is 0 Å². The van der Waals surface area contributed by atoms with Crippen molar-refractivity contribution in [3.8, 4) is 11.3 Å². The third-order valence-corrected chi connectivity index (χ3v) is 7.64. The molecule has 3 fully saturated rings. The van der Waals surface area contributed by atoms with E-state index in [-0.39, 0.29) is 6.09 Å². The Hall–Kier alpha value is -2.19. The first-order valence-electron chi connectivity index (χ1n) is 11.5. The van der Waals surface area contributed by atoms with E-state index in [1.807, 2.05) is 42.4 Å². The van der Waals surface area contributed by atoms with Gasteiger partial charge in [-0.2, -0.15) is 0 Å². The van der Waals surface area contributed by atoms with Crippen molar-refractivity contribution in [2.45, 2.75) is 32.2 Å². The van der Waals surface area contributed by atoms with E-state index in [2.05, 4.69) is 36.8 Å². The van der Waals surface area contributed by atoms with E-state index in [0.29, 0.717) is 18.1 Å². The standard InChI is InChI=1S/C24H30BrN5O2/c1-2-32-23(31)30-16-24(17-30)8-7-19(14-24)28-10-12-29(13-11-28)22-20(4-3-9-26-22)21-6-5-18(25)15-27-21/h3-6,9,15,19H,2,7-8,10-14,16-17H2,1H3/t19-/m1/s1.